The van der Waals surface area contributed by atoms with Crippen LogP contribution in [-0.4, -0.2) is 42.4 Å². The molecule has 0 aliphatic carbocycles. The first-order valence-corrected chi connectivity index (χ1v) is 6.17. The van der Waals surface area contributed by atoms with Gasteiger partial charge in [-0.05, 0) is 40.7 Å². The SMILES string of the molecule is CC1COC(C)(C2CCN(C(C)C)C2)N1.Cl. The maximum atomic E-state index is 5.93. The lowest BCUT2D eigenvalue weighted by Crippen LogP contribution is -2.48. The standard InChI is InChI=1S/C12H24N2O.ClH/c1-9(2)14-6-5-11(7-14)12(4)13-10(3)8-15-12;/h9-11,13H,5-8H2,1-4H3;1H. The largest absolute Gasteiger partial charge is 0.359 e. The van der Waals surface area contributed by atoms with Crippen LogP contribution in [0, 0.1) is 5.92 Å². The van der Waals surface area contributed by atoms with Crippen molar-refractivity contribution < 1.29 is 4.74 Å². The summed E-state index contributed by atoms with van der Waals surface area (Å²) in [5, 5.41) is 3.58. The third-order valence-electron chi connectivity index (χ3n) is 3.90. The van der Waals surface area contributed by atoms with Gasteiger partial charge in [-0.1, -0.05) is 0 Å². The highest BCUT2D eigenvalue weighted by atomic mass is 35.5. The number of likely N-dealkylation sites (tertiary alicyclic amines) is 1. The van der Waals surface area contributed by atoms with Crippen LogP contribution in [0.5, 0.6) is 0 Å². The molecule has 2 fully saturated rings. The fraction of sp³-hybridized carbons (Fsp3) is 1.00. The van der Waals surface area contributed by atoms with Crippen LogP contribution < -0.4 is 5.32 Å². The molecule has 0 radical (unpaired) electrons. The van der Waals surface area contributed by atoms with Crippen molar-refractivity contribution in [1.29, 1.82) is 0 Å². The third kappa shape index (κ3) is 2.70. The van der Waals surface area contributed by atoms with E-state index in [1.165, 1.54) is 19.5 Å². The summed E-state index contributed by atoms with van der Waals surface area (Å²) in [5.41, 5.74) is -0.0803. The molecule has 2 saturated heterocycles. The average molecular weight is 249 g/mol. The fourth-order valence-corrected chi connectivity index (χ4v) is 2.81. The minimum absolute atomic E-state index is 0. The lowest BCUT2D eigenvalue weighted by molar-refractivity contribution is -0.0402. The van der Waals surface area contributed by atoms with Gasteiger partial charge in [-0.15, -0.1) is 12.4 Å². The number of hydrogen-bond donors (Lipinski definition) is 1. The van der Waals surface area contributed by atoms with Gasteiger partial charge in [0, 0.05) is 24.5 Å². The molecule has 0 spiro atoms. The maximum Gasteiger partial charge on any atom is 0.120 e. The lowest BCUT2D eigenvalue weighted by Gasteiger charge is -2.31. The van der Waals surface area contributed by atoms with E-state index in [1.54, 1.807) is 0 Å². The van der Waals surface area contributed by atoms with Crippen LogP contribution in [0.2, 0.25) is 0 Å². The number of hydrogen-bond acceptors (Lipinski definition) is 3. The zero-order valence-corrected chi connectivity index (χ0v) is 11.6. The molecule has 3 unspecified atom stereocenters. The summed E-state index contributed by atoms with van der Waals surface area (Å²) in [6.07, 6.45) is 1.26. The predicted molar refractivity (Wildman–Crippen MR) is 69.0 cm³/mol. The highest BCUT2D eigenvalue weighted by molar-refractivity contribution is 5.85. The minimum atomic E-state index is -0.0803. The van der Waals surface area contributed by atoms with Gasteiger partial charge < -0.3 is 9.64 Å². The summed E-state index contributed by atoms with van der Waals surface area (Å²) in [4.78, 5) is 2.55. The highest BCUT2D eigenvalue weighted by Crippen LogP contribution is 2.32. The van der Waals surface area contributed by atoms with Crippen LogP contribution in [0.15, 0.2) is 0 Å². The van der Waals surface area contributed by atoms with E-state index in [-0.39, 0.29) is 18.1 Å². The first kappa shape index (κ1) is 14.2. The van der Waals surface area contributed by atoms with Crippen LogP contribution in [0.25, 0.3) is 0 Å². The van der Waals surface area contributed by atoms with E-state index in [2.05, 4.69) is 37.9 Å². The Hall–Kier alpha value is 0.170. The Kier molecular flexibility index (Phi) is 4.64. The first-order valence-electron chi connectivity index (χ1n) is 6.17. The van der Waals surface area contributed by atoms with E-state index in [4.69, 9.17) is 4.74 Å². The third-order valence-corrected chi connectivity index (χ3v) is 3.90. The zero-order valence-electron chi connectivity index (χ0n) is 10.8. The lowest BCUT2D eigenvalue weighted by atomic mass is 9.96. The van der Waals surface area contributed by atoms with Crippen molar-refractivity contribution in [1.82, 2.24) is 10.2 Å². The van der Waals surface area contributed by atoms with Crippen molar-refractivity contribution in [2.24, 2.45) is 5.92 Å². The molecule has 1 N–H and O–H groups in total. The molecule has 3 atom stereocenters. The van der Waals surface area contributed by atoms with Crippen molar-refractivity contribution in [2.45, 2.75) is 51.9 Å². The topological polar surface area (TPSA) is 24.5 Å². The molecule has 0 bridgehead atoms. The molecular formula is C12H25ClN2O. The van der Waals surface area contributed by atoms with E-state index >= 15 is 0 Å². The van der Waals surface area contributed by atoms with E-state index in [0.29, 0.717) is 18.0 Å². The molecule has 2 rings (SSSR count). The van der Waals surface area contributed by atoms with Gasteiger partial charge in [0.15, 0.2) is 0 Å². The summed E-state index contributed by atoms with van der Waals surface area (Å²) in [7, 11) is 0. The fourth-order valence-electron chi connectivity index (χ4n) is 2.81. The van der Waals surface area contributed by atoms with E-state index in [0.717, 1.165) is 6.61 Å². The number of halogens is 1. The van der Waals surface area contributed by atoms with Crippen molar-refractivity contribution in [3.63, 3.8) is 0 Å². The van der Waals surface area contributed by atoms with Gasteiger partial charge in [-0.2, -0.15) is 0 Å². The Bertz CT molecular complexity index is 237. The second kappa shape index (κ2) is 5.21. The Balaban J connectivity index is 0.00000128. The number of rotatable bonds is 2. The molecule has 16 heavy (non-hydrogen) atoms. The van der Waals surface area contributed by atoms with E-state index < -0.39 is 0 Å². The Morgan fingerprint density at radius 1 is 1.44 bits per heavy atom. The minimum Gasteiger partial charge on any atom is -0.359 e. The monoisotopic (exact) mass is 248 g/mol. The number of nitrogens with zero attached hydrogens (tertiary/aromatic N) is 1. The van der Waals surface area contributed by atoms with Gasteiger partial charge >= 0.3 is 0 Å². The van der Waals surface area contributed by atoms with Gasteiger partial charge in [0.25, 0.3) is 0 Å². The molecular weight excluding hydrogens is 224 g/mol. The van der Waals surface area contributed by atoms with Crippen molar-refractivity contribution in [2.75, 3.05) is 19.7 Å². The van der Waals surface area contributed by atoms with E-state index in [1.807, 2.05) is 0 Å². The molecule has 2 aliphatic rings. The summed E-state index contributed by atoms with van der Waals surface area (Å²) in [6, 6.07) is 1.17. The first-order chi connectivity index (χ1) is 7.01. The Labute approximate surface area is 105 Å². The highest BCUT2D eigenvalue weighted by Gasteiger charge is 2.43. The number of nitrogens with one attached hydrogen (secondary N) is 1. The number of ether oxygens (including phenoxy) is 1. The second-order valence-corrected chi connectivity index (χ2v) is 5.54. The van der Waals surface area contributed by atoms with Gasteiger partial charge in [0.1, 0.15) is 5.72 Å². The van der Waals surface area contributed by atoms with Crippen LogP contribution in [0.3, 0.4) is 0 Å². The van der Waals surface area contributed by atoms with E-state index in [9.17, 15) is 0 Å². The quantitative estimate of drug-likeness (QED) is 0.808. The van der Waals surface area contributed by atoms with Crippen molar-refractivity contribution in [3.8, 4) is 0 Å². The van der Waals surface area contributed by atoms with Crippen LogP contribution in [0.4, 0.5) is 0 Å². The summed E-state index contributed by atoms with van der Waals surface area (Å²) >= 11 is 0. The normalized spacial score (nSPS) is 40.3. The molecule has 0 aromatic carbocycles. The van der Waals surface area contributed by atoms with Crippen molar-refractivity contribution in [3.05, 3.63) is 0 Å². The molecule has 96 valence electrons. The van der Waals surface area contributed by atoms with Gasteiger partial charge in [-0.3, -0.25) is 5.32 Å². The summed E-state index contributed by atoms with van der Waals surface area (Å²) in [5.74, 6) is 0.643. The molecule has 4 heteroatoms. The predicted octanol–water partition coefficient (Wildman–Crippen LogP) is 1.86. The molecule has 2 aliphatic heterocycles. The van der Waals surface area contributed by atoms with Crippen molar-refractivity contribution >= 4 is 12.4 Å². The van der Waals surface area contributed by atoms with Gasteiger partial charge in [-0.25, -0.2) is 0 Å². The molecule has 0 aromatic rings. The molecule has 0 saturated carbocycles. The summed E-state index contributed by atoms with van der Waals surface area (Å²) < 4.78 is 5.93. The Morgan fingerprint density at radius 3 is 2.56 bits per heavy atom. The average Bonchev–Trinajstić information content (AvgIpc) is 2.73. The Morgan fingerprint density at radius 2 is 2.12 bits per heavy atom. The van der Waals surface area contributed by atoms with Crippen LogP contribution in [-0.2, 0) is 4.74 Å². The van der Waals surface area contributed by atoms with Gasteiger partial charge in [0.2, 0.25) is 0 Å². The molecule has 3 nitrogen and oxygen atoms in total. The van der Waals surface area contributed by atoms with Gasteiger partial charge in [0.05, 0.1) is 6.61 Å². The summed E-state index contributed by atoms with van der Waals surface area (Å²) in [6.45, 7) is 12.2. The van der Waals surface area contributed by atoms with Crippen LogP contribution >= 0.6 is 12.4 Å². The smallest absolute Gasteiger partial charge is 0.120 e. The van der Waals surface area contributed by atoms with Crippen LogP contribution in [0.1, 0.15) is 34.1 Å². The maximum absolute atomic E-state index is 5.93. The molecule has 2 heterocycles. The zero-order chi connectivity index (χ0) is 11.1. The second-order valence-electron chi connectivity index (χ2n) is 5.54. The molecule has 0 amide bonds. The molecule has 0 aromatic heterocycles.